The number of aromatic nitrogens is 2. The van der Waals surface area contributed by atoms with Gasteiger partial charge in [-0.05, 0) is 24.3 Å². The zero-order valence-electron chi connectivity index (χ0n) is 13.4. The highest BCUT2D eigenvalue weighted by Crippen LogP contribution is 2.33. The van der Waals surface area contributed by atoms with E-state index >= 15 is 0 Å². The van der Waals surface area contributed by atoms with Crippen molar-refractivity contribution in [1.29, 1.82) is 0 Å². The van der Waals surface area contributed by atoms with Gasteiger partial charge in [0.25, 0.3) is 5.91 Å². The molecule has 0 N–H and O–H groups in total. The number of amides is 1. The van der Waals surface area contributed by atoms with Crippen LogP contribution in [0.15, 0.2) is 42.5 Å². The maximum Gasteiger partial charge on any atom is 0.261 e. The molecule has 1 aromatic heterocycles. The summed E-state index contributed by atoms with van der Waals surface area (Å²) in [5.41, 5.74) is 1.90. The van der Waals surface area contributed by atoms with Crippen LogP contribution in [0, 0.1) is 0 Å². The molecule has 1 amide bonds. The fraction of sp³-hybridized carbons (Fsp3) is 0.167. The Balaban J connectivity index is 1.85. The molecular formula is C18H14Cl2N4O. The Kier molecular flexibility index (Phi) is 3.98. The number of benzene rings is 2. The van der Waals surface area contributed by atoms with Crippen molar-refractivity contribution in [2.75, 3.05) is 29.9 Å². The average molecular weight is 373 g/mol. The number of nitrogens with zero attached hydrogens (tertiary/aromatic N) is 4. The van der Waals surface area contributed by atoms with Crippen molar-refractivity contribution in [3.63, 3.8) is 0 Å². The molecule has 0 unspecified atom stereocenters. The first-order valence-electron chi connectivity index (χ1n) is 7.80. The van der Waals surface area contributed by atoms with Crippen LogP contribution in [0.4, 0.5) is 11.6 Å². The van der Waals surface area contributed by atoms with Crippen LogP contribution < -0.4 is 9.80 Å². The molecule has 0 radical (unpaired) electrons. The smallest absolute Gasteiger partial charge is 0.261 e. The summed E-state index contributed by atoms with van der Waals surface area (Å²) in [6, 6.07) is 12.6. The van der Waals surface area contributed by atoms with Crippen molar-refractivity contribution >= 4 is 51.8 Å². The number of hydrogen-bond acceptors (Lipinski definition) is 4. The van der Waals surface area contributed by atoms with Gasteiger partial charge in [0.2, 0.25) is 0 Å². The van der Waals surface area contributed by atoms with Gasteiger partial charge in [-0.25, -0.2) is 9.97 Å². The zero-order chi connectivity index (χ0) is 17.6. The lowest BCUT2D eigenvalue weighted by molar-refractivity contribution is 0.0986. The molecule has 2 aromatic carbocycles. The van der Waals surface area contributed by atoms with Crippen molar-refractivity contribution in [2.45, 2.75) is 0 Å². The molecule has 2 heterocycles. The number of fused-ring (bicyclic) bond motifs is 2. The van der Waals surface area contributed by atoms with Gasteiger partial charge in [0.05, 0.1) is 26.6 Å². The minimum Gasteiger partial charge on any atom is -0.355 e. The predicted molar refractivity (Wildman–Crippen MR) is 101 cm³/mol. The third kappa shape index (κ3) is 2.69. The minimum absolute atomic E-state index is 0.230. The van der Waals surface area contributed by atoms with Crippen LogP contribution in [0.3, 0.4) is 0 Å². The topological polar surface area (TPSA) is 49.3 Å². The van der Waals surface area contributed by atoms with E-state index in [2.05, 4.69) is 9.97 Å². The van der Waals surface area contributed by atoms with Crippen molar-refractivity contribution in [2.24, 2.45) is 0 Å². The second kappa shape index (κ2) is 6.17. The van der Waals surface area contributed by atoms with Crippen LogP contribution in [0.1, 0.15) is 10.4 Å². The maximum atomic E-state index is 13.1. The van der Waals surface area contributed by atoms with Gasteiger partial charge >= 0.3 is 0 Å². The Morgan fingerprint density at radius 2 is 1.64 bits per heavy atom. The SMILES string of the molecule is CN1CCN(C(=O)c2cccc(Cl)c2Cl)c2nc3ccccc3nc21. The van der Waals surface area contributed by atoms with Crippen molar-refractivity contribution in [3.8, 4) is 0 Å². The largest absolute Gasteiger partial charge is 0.355 e. The van der Waals surface area contributed by atoms with Gasteiger partial charge in [0.1, 0.15) is 0 Å². The Bertz CT molecular complexity index is 992. The van der Waals surface area contributed by atoms with Crippen LogP contribution in [-0.4, -0.2) is 36.0 Å². The highest BCUT2D eigenvalue weighted by Gasteiger charge is 2.30. The molecule has 126 valence electrons. The molecule has 1 aliphatic rings. The quantitative estimate of drug-likeness (QED) is 0.646. The standard InChI is InChI=1S/C18H14Cl2N4O/c1-23-9-10-24(18(25)11-5-4-6-12(19)15(11)20)17-16(23)21-13-7-2-3-8-14(13)22-17/h2-8H,9-10H2,1H3. The third-order valence-electron chi connectivity index (χ3n) is 4.24. The summed E-state index contributed by atoms with van der Waals surface area (Å²) in [6.45, 7) is 1.15. The molecule has 0 saturated carbocycles. The van der Waals surface area contributed by atoms with Gasteiger partial charge in [-0.1, -0.05) is 41.4 Å². The number of hydrogen-bond donors (Lipinski definition) is 0. The number of likely N-dealkylation sites (N-methyl/N-ethyl adjacent to an activating group) is 1. The average Bonchev–Trinajstić information content (AvgIpc) is 2.62. The van der Waals surface area contributed by atoms with Crippen LogP contribution in [0.25, 0.3) is 11.0 Å². The van der Waals surface area contributed by atoms with Gasteiger partial charge in [-0.2, -0.15) is 0 Å². The number of carbonyl (C=O) groups is 1. The van der Waals surface area contributed by atoms with Crippen LogP contribution in [0.5, 0.6) is 0 Å². The molecule has 0 fully saturated rings. The molecule has 0 aliphatic carbocycles. The number of rotatable bonds is 1. The molecule has 1 aliphatic heterocycles. The zero-order valence-corrected chi connectivity index (χ0v) is 14.9. The molecule has 5 nitrogen and oxygen atoms in total. The lowest BCUT2D eigenvalue weighted by Crippen LogP contribution is -2.43. The molecule has 4 rings (SSSR count). The fourth-order valence-electron chi connectivity index (χ4n) is 2.89. The molecule has 0 spiro atoms. The molecule has 25 heavy (non-hydrogen) atoms. The Morgan fingerprint density at radius 1 is 0.960 bits per heavy atom. The first-order valence-corrected chi connectivity index (χ1v) is 8.55. The van der Waals surface area contributed by atoms with Crippen molar-refractivity contribution in [1.82, 2.24) is 9.97 Å². The number of halogens is 2. The summed E-state index contributed by atoms with van der Waals surface area (Å²) in [5.74, 6) is 0.983. The Hall–Kier alpha value is -2.37. The fourth-order valence-corrected chi connectivity index (χ4v) is 3.27. The summed E-state index contributed by atoms with van der Waals surface area (Å²) in [6.07, 6.45) is 0. The summed E-state index contributed by atoms with van der Waals surface area (Å²) in [7, 11) is 1.94. The summed E-state index contributed by atoms with van der Waals surface area (Å²) >= 11 is 12.3. The van der Waals surface area contributed by atoms with Crippen LogP contribution in [0.2, 0.25) is 10.0 Å². The molecular weight excluding hydrogens is 359 g/mol. The van der Waals surface area contributed by atoms with Crippen LogP contribution in [-0.2, 0) is 0 Å². The van der Waals surface area contributed by atoms with E-state index in [0.29, 0.717) is 35.3 Å². The molecule has 7 heteroatoms. The molecule has 3 aromatic rings. The van der Waals surface area contributed by atoms with E-state index in [9.17, 15) is 4.79 Å². The minimum atomic E-state index is -0.230. The summed E-state index contributed by atoms with van der Waals surface area (Å²) in [4.78, 5) is 26.0. The highest BCUT2D eigenvalue weighted by molar-refractivity contribution is 6.44. The first kappa shape index (κ1) is 16.1. The maximum absolute atomic E-state index is 13.1. The van der Waals surface area contributed by atoms with E-state index in [-0.39, 0.29) is 10.9 Å². The van der Waals surface area contributed by atoms with E-state index in [1.54, 1.807) is 23.1 Å². The first-order chi connectivity index (χ1) is 12.1. The highest BCUT2D eigenvalue weighted by atomic mass is 35.5. The van der Waals surface area contributed by atoms with Gasteiger partial charge in [-0.3, -0.25) is 9.69 Å². The van der Waals surface area contributed by atoms with E-state index in [4.69, 9.17) is 23.2 Å². The van der Waals surface area contributed by atoms with Gasteiger partial charge in [0, 0.05) is 20.1 Å². The lowest BCUT2D eigenvalue weighted by Gasteiger charge is -2.34. The third-order valence-corrected chi connectivity index (χ3v) is 5.06. The van der Waals surface area contributed by atoms with E-state index in [0.717, 1.165) is 11.0 Å². The van der Waals surface area contributed by atoms with Crippen molar-refractivity contribution in [3.05, 3.63) is 58.1 Å². The number of carbonyl (C=O) groups excluding carboxylic acids is 1. The van der Waals surface area contributed by atoms with E-state index < -0.39 is 0 Å². The van der Waals surface area contributed by atoms with Gasteiger partial charge < -0.3 is 4.90 Å². The molecule has 0 saturated heterocycles. The summed E-state index contributed by atoms with van der Waals surface area (Å²) in [5, 5.41) is 0.606. The molecule has 0 bridgehead atoms. The second-order valence-corrected chi connectivity index (χ2v) is 6.62. The monoisotopic (exact) mass is 372 g/mol. The Labute approximate surface area is 154 Å². The van der Waals surface area contributed by atoms with Gasteiger partial charge in [-0.15, -0.1) is 0 Å². The lowest BCUT2D eigenvalue weighted by atomic mass is 10.1. The Morgan fingerprint density at radius 3 is 2.36 bits per heavy atom. The summed E-state index contributed by atoms with van der Waals surface area (Å²) < 4.78 is 0. The van der Waals surface area contributed by atoms with Crippen LogP contribution >= 0.6 is 23.2 Å². The van der Waals surface area contributed by atoms with Crippen molar-refractivity contribution < 1.29 is 4.79 Å². The number of para-hydroxylation sites is 2. The van der Waals surface area contributed by atoms with E-state index in [1.165, 1.54) is 0 Å². The number of anilines is 2. The van der Waals surface area contributed by atoms with Gasteiger partial charge in [0.15, 0.2) is 11.6 Å². The van der Waals surface area contributed by atoms with E-state index in [1.807, 2.05) is 36.2 Å². The normalized spacial score (nSPS) is 13.9. The predicted octanol–water partition coefficient (Wildman–Crippen LogP) is 4.03. The molecule has 0 atom stereocenters. The second-order valence-electron chi connectivity index (χ2n) is 5.84.